The van der Waals surface area contributed by atoms with E-state index in [-0.39, 0.29) is 29.7 Å². The molecule has 30 heavy (non-hydrogen) atoms. The van der Waals surface area contributed by atoms with Gasteiger partial charge in [-0.3, -0.25) is 19.0 Å². The highest BCUT2D eigenvalue weighted by molar-refractivity contribution is 7.99. The highest BCUT2D eigenvalue weighted by atomic mass is 32.2. The summed E-state index contributed by atoms with van der Waals surface area (Å²) in [4.78, 5) is 41.3. The number of nitrogens with zero attached hydrogens (tertiary/aromatic N) is 2. The Morgan fingerprint density at radius 2 is 1.73 bits per heavy atom. The largest absolute Gasteiger partial charge is 0.346 e. The quantitative estimate of drug-likeness (QED) is 0.469. The van der Waals surface area contributed by atoms with E-state index < -0.39 is 0 Å². The fraction of sp³-hybridized carbons (Fsp3) is 0.273. The van der Waals surface area contributed by atoms with Gasteiger partial charge in [0, 0.05) is 12.7 Å². The normalized spacial score (nSPS) is 10.8. The number of rotatable bonds is 6. The number of benzene rings is 2. The lowest BCUT2D eigenvalue weighted by molar-refractivity contribution is -0.122. The summed E-state index contributed by atoms with van der Waals surface area (Å²) in [6.45, 7) is 5.75. The first-order valence-electron chi connectivity index (χ1n) is 9.49. The topological polar surface area (TPSA) is 93.1 Å². The molecule has 0 spiro atoms. The van der Waals surface area contributed by atoms with Crippen molar-refractivity contribution >= 4 is 40.2 Å². The van der Waals surface area contributed by atoms with Gasteiger partial charge in [-0.15, -0.1) is 0 Å². The van der Waals surface area contributed by atoms with Crippen molar-refractivity contribution in [2.24, 2.45) is 7.05 Å². The SMILES string of the molecule is Cc1cc(C)c(NC(=O)CNC(=O)CSc2nc3ccccc3c(=O)n2C)c(C)c1. The molecule has 0 saturated carbocycles. The Labute approximate surface area is 178 Å². The lowest BCUT2D eigenvalue weighted by Crippen LogP contribution is -2.34. The minimum atomic E-state index is -0.310. The van der Waals surface area contributed by atoms with Crippen LogP contribution in [0.15, 0.2) is 46.3 Å². The van der Waals surface area contributed by atoms with Crippen molar-refractivity contribution in [3.05, 3.63) is 63.4 Å². The number of carbonyl (C=O) groups is 2. The molecule has 0 atom stereocenters. The molecule has 0 aliphatic heterocycles. The Morgan fingerprint density at radius 3 is 2.43 bits per heavy atom. The zero-order chi connectivity index (χ0) is 21.8. The predicted octanol–water partition coefficient (Wildman–Crippen LogP) is 2.71. The van der Waals surface area contributed by atoms with E-state index in [1.165, 1.54) is 4.57 Å². The van der Waals surface area contributed by atoms with Crippen LogP contribution in [0.2, 0.25) is 0 Å². The summed E-state index contributed by atoms with van der Waals surface area (Å²) in [5, 5.41) is 6.44. The molecule has 8 heteroatoms. The number of carbonyl (C=O) groups excluding carboxylic acids is 2. The molecular formula is C22H24N4O3S. The van der Waals surface area contributed by atoms with Crippen molar-refractivity contribution in [3.63, 3.8) is 0 Å². The number of anilines is 1. The number of amides is 2. The fourth-order valence-corrected chi connectivity index (χ4v) is 4.05. The minimum Gasteiger partial charge on any atom is -0.346 e. The van der Waals surface area contributed by atoms with Gasteiger partial charge in [0.15, 0.2) is 5.16 Å². The van der Waals surface area contributed by atoms with E-state index >= 15 is 0 Å². The van der Waals surface area contributed by atoms with Crippen LogP contribution in [-0.2, 0) is 16.6 Å². The van der Waals surface area contributed by atoms with Gasteiger partial charge in [-0.2, -0.15) is 0 Å². The van der Waals surface area contributed by atoms with Crippen LogP contribution >= 0.6 is 11.8 Å². The lowest BCUT2D eigenvalue weighted by Gasteiger charge is -2.13. The van der Waals surface area contributed by atoms with Gasteiger partial charge in [-0.05, 0) is 44.0 Å². The number of thioether (sulfide) groups is 1. The molecule has 0 bridgehead atoms. The zero-order valence-electron chi connectivity index (χ0n) is 17.4. The third-order valence-corrected chi connectivity index (χ3v) is 5.69. The summed E-state index contributed by atoms with van der Waals surface area (Å²) < 4.78 is 1.43. The van der Waals surface area contributed by atoms with Crippen molar-refractivity contribution < 1.29 is 9.59 Å². The molecule has 0 unspecified atom stereocenters. The van der Waals surface area contributed by atoms with Crippen molar-refractivity contribution in [2.75, 3.05) is 17.6 Å². The molecule has 7 nitrogen and oxygen atoms in total. The van der Waals surface area contributed by atoms with E-state index in [1.807, 2.05) is 39.0 Å². The van der Waals surface area contributed by atoms with Gasteiger partial charge in [-0.25, -0.2) is 4.98 Å². The zero-order valence-corrected chi connectivity index (χ0v) is 18.2. The van der Waals surface area contributed by atoms with Gasteiger partial charge in [0.05, 0.1) is 23.2 Å². The van der Waals surface area contributed by atoms with Crippen molar-refractivity contribution in [1.82, 2.24) is 14.9 Å². The summed E-state index contributed by atoms with van der Waals surface area (Å²) in [5.74, 6) is -0.552. The Bertz CT molecular complexity index is 1160. The maximum absolute atomic E-state index is 12.4. The number of hydrogen-bond acceptors (Lipinski definition) is 5. The summed E-state index contributed by atoms with van der Waals surface area (Å²) in [7, 11) is 1.63. The van der Waals surface area contributed by atoms with Gasteiger partial charge < -0.3 is 10.6 Å². The number of fused-ring (bicyclic) bond motifs is 1. The first-order chi connectivity index (χ1) is 14.3. The second-order valence-corrected chi connectivity index (χ2v) is 8.11. The summed E-state index contributed by atoms with van der Waals surface area (Å²) in [6.07, 6.45) is 0. The highest BCUT2D eigenvalue weighted by Gasteiger charge is 2.13. The molecule has 1 heterocycles. The van der Waals surface area contributed by atoms with Crippen LogP contribution in [0.3, 0.4) is 0 Å². The van der Waals surface area contributed by atoms with Crippen LogP contribution in [0.4, 0.5) is 5.69 Å². The van der Waals surface area contributed by atoms with Crippen LogP contribution < -0.4 is 16.2 Å². The molecule has 2 N–H and O–H groups in total. The van der Waals surface area contributed by atoms with Crippen LogP contribution in [0.5, 0.6) is 0 Å². The van der Waals surface area contributed by atoms with Crippen LogP contribution in [0, 0.1) is 20.8 Å². The predicted molar refractivity (Wildman–Crippen MR) is 120 cm³/mol. The smallest absolute Gasteiger partial charge is 0.261 e. The third-order valence-electron chi connectivity index (χ3n) is 4.66. The number of hydrogen-bond donors (Lipinski definition) is 2. The maximum atomic E-state index is 12.4. The summed E-state index contributed by atoms with van der Waals surface area (Å²) in [5.41, 5.74) is 4.28. The van der Waals surface area contributed by atoms with Crippen LogP contribution in [0.25, 0.3) is 10.9 Å². The van der Waals surface area contributed by atoms with Gasteiger partial charge in [0.25, 0.3) is 5.56 Å². The van der Waals surface area contributed by atoms with Gasteiger partial charge in [-0.1, -0.05) is 41.6 Å². The number of nitrogens with one attached hydrogen (secondary N) is 2. The number of aromatic nitrogens is 2. The molecule has 1 aromatic heterocycles. The van der Waals surface area contributed by atoms with Crippen LogP contribution in [-0.4, -0.2) is 33.7 Å². The van der Waals surface area contributed by atoms with Gasteiger partial charge in [0.1, 0.15) is 0 Å². The molecular weight excluding hydrogens is 400 g/mol. The fourth-order valence-electron chi connectivity index (χ4n) is 3.25. The summed E-state index contributed by atoms with van der Waals surface area (Å²) >= 11 is 1.15. The molecule has 0 radical (unpaired) electrons. The molecule has 0 fully saturated rings. The second kappa shape index (κ2) is 9.13. The van der Waals surface area contributed by atoms with E-state index in [9.17, 15) is 14.4 Å². The number of aryl methyl sites for hydroxylation is 3. The number of para-hydroxylation sites is 1. The Hall–Kier alpha value is -3.13. The van der Waals surface area contributed by atoms with Gasteiger partial charge >= 0.3 is 0 Å². The molecule has 3 rings (SSSR count). The Kier molecular flexibility index (Phi) is 6.56. The average Bonchev–Trinajstić information content (AvgIpc) is 2.70. The molecule has 2 amide bonds. The van der Waals surface area contributed by atoms with E-state index in [0.29, 0.717) is 16.1 Å². The lowest BCUT2D eigenvalue weighted by atomic mass is 10.1. The van der Waals surface area contributed by atoms with E-state index in [2.05, 4.69) is 15.6 Å². The first-order valence-corrected chi connectivity index (χ1v) is 10.5. The molecule has 156 valence electrons. The molecule has 3 aromatic rings. The monoisotopic (exact) mass is 424 g/mol. The standard InChI is InChI=1S/C22H24N4O3S/c1-13-9-14(2)20(15(3)10-13)25-18(27)11-23-19(28)12-30-22-24-17-8-6-5-7-16(17)21(29)26(22)4/h5-10H,11-12H2,1-4H3,(H,23,28)(H,25,27). The van der Waals surface area contributed by atoms with Crippen LogP contribution in [0.1, 0.15) is 16.7 Å². The second-order valence-electron chi connectivity index (χ2n) is 7.16. The van der Waals surface area contributed by atoms with Crippen molar-refractivity contribution in [3.8, 4) is 0 Å². The van der Waals surface area contributed by atoms with E-state index in [0.717, 1.165) is 34.1 Å². The van der Waals surface area contributed by atoms with E-state index in [1.54, 1.807) is 25.2 Å². The maximum Gasteiger partial charge on any atom is 0.261 e. The first kappa shape index (κ1) is 21.6. The molecule has 0 aliphatic carbocycles. The molecule has 0 aliphatic rings. The van der Waals surface area contributed by atoms with E-state index in [4.69, 9.17) is 0 Å². The average molecular weight is 425 g/mol. The van der Waals surface area contributed by atoms with Crippen molar-refractivity contribution in [2.45, 2.75) is 25.9 Å². The molecule has 2 aromatic carbocycles. The Balaban J connectivity index is 1.57. The van der Waals surface area contributed by atoms with Gasteiger partial charge in [0.2, 0.25) is 11.8 Å². The summed E-state index contributed by atoms with van der Waals surface area (Å²) in [6, 6.07) is 11.1. The van der Waals surface area contributed by atoms with Crippen molar-refractivity contribution in [1.29, 1.82) is 0 Å². The minimum absolute atomic E-state index is 0.0501. The third kappa shape index (κ3) is 4.88. The highest BCUT2D eigenvalue weighted by Crippen LogP contribution is 2.21. The Morgan fingerprint density at radius 1 is 1.07 bits per heavy atom. The molecule has 0 saturated heterocycles.